The van der Waals surface area contributed by atoms with Crippen molar-refractivity contribution in [2.75, 3.05) is 12.8 Å². The molecular formula is C23H24FN5O2. The van der Waals surface area contributed by atoms with Gasteiger partial charge in [0.1, 0.15) is 12.0 Å². The fraction of sp³-hybridized carbons (Fsp3) is 0.348. The number of aromatic nitrogens is 4. The molecule has 0 saturated heterocycles. The topological polar surface area (TPSA) is 99.1 Å². The third-order valence-electron chi connectivity index (χ3n) is 6.36. The second kappa shape index (κ2) is 7.77. The lowest BCUT2D eigenvalue weighted by molar-refractivity contribution is 0.127. The van der Waals surface area contributed by atoms with Crippen LogP contribution in [0.25, 0.3) is 21.9 Å². The van der Waals surface area contributed by atoms with Gasteiger partial charge in [0.25, 0.3) is 0 Å². The van der Waals surface area contributed by atoms with E-state index in [1.54, 1.807) is 7.11 Å². The number of aliphatic hydroxyl groups excluding tert-OH is 1. The number of halogens is 1. The molecular weight excluding hydrogens is 397 g/mol. The van der Waals surface area contributed by atoms with Crippen molar-refractivity contribution < 1.29 is 14.2 Å². The number of benzene rings is 1. The van der Waals surface area contributed by atoms with E-state index in [0.717, 1.165) is 41.2 Å². The van der Waals surface area contributed by atoms with Crippen LogP contribution in [0.1, 0.15) is 30.9 Å². The van der Waals surface area contributed by atoms with E-state index in [2.05, 4.69) is 19.5 Å². The van der Waals surface area contributed by atoms with Gasteiger partial charge in [-0.25, -0.2) is 19.3 Å². The molecule has 1 aliphatic carbocycles. The fourth-order valence-electron chi connectivity index (χ4n) is 4.73. The Bertz CT molecular complexity index is 1260. The van der Waals surface area contributed by atoms with Crippen LogP contribution in [0.5, 0.6) is 5.88 Å². The first kappa shape index (κ1) is 19.7. The normalized spacial score (nSPS) is 21.2. The molecule has 7 nitrogen and oxygen atoms in total. The summed E-state index contributed by atoms with van der Waals surface area (Å²) in [5.74, 6) is 0.163. The summed E-state index contributed by atoms with van der Waals surface area (Å²) in [6.07, 6.45) is 6.38. The van der Waals surface area contributed by atoms with Crippen molar-refractivity contribution in [1.82, 2.24) is 19.5 Å². The monoisotopic (exact) mass is 421 g/mol. The van der Waals surface area contributed by atoms with Crippen LogP contribution in [0.2, 0.25) is 0 Å². The quantitative estimate of drug-likeness (QED) is 0.510. The maximum atomic E-state index is 13.6. The van der Waals surface area contributed by atoms with Gasteiger partial charge in [-0.2, -0.15) is 0 Å². The van der Waals surface area contributed by atoms with Gasteiger partial charge in [-0.1, -0.05) is 12.1 Å². The molecule has 3 heterocycles. The van der Waals surface area contributed by atoms with Crippen LogP contribution in [0.3, 0.4) is 0 Å². The zero-order chi connectivity index (χ0) is 21.5. The van der Waals surface area contributed by atoms with E-state index >= 15 is 0 Å². The van der Waals surface area contributed by atoms with Crippen LogP contribution in [0.15, 0.2) is 42.9 Å². The third-order valence-corrected chi connectivity index (χ3v) is 6.36. The molecule has 1 saturated carbocycles. The van der Waals surface area contributed by atoms with Gasteiger partial charge in [-0.05, 0) is 55.4 Å². The molecule has 0 spiro atoms. The smallest absolute Gasteiger partial charge is 0.225 e. The molecule has 1 fully saturated rings. The summed E-state index contributed by atoms with van der Waals surface area (Å²) in [7, 11) is 1.60. The number of pyridine rings is 1. The highest BCUT2D eigenvalue weighted by Gasteiger charge is 2.34. The van der Waals surface area contributed by atoms with E-state index in [-0.39, 0.29) is 23.9 Å². The minimum absolute atomic E-state index is 0.0851. The van der Waals surface area contributed by atoms with Crippen LogP contribution in [-0.2, 0) is 6.42 Å². The Morgan fingerprint density at radius 3 is 2.94 bits per heavy atom. The van der Waals surface area contributed by atoms with E-state index in [4.69, 9.17) is 10.5 Å². The average Bonchev–Trinajstić information content (AvgIpc) is 3.36. The van der Waals surface area contributed by atoms with Gasteiger partial charge in [0.2, 0.25) is 5.88 Å². The van der Waals surface area contributed by atoms with E-state index < -0.39 is 5.82 Å². The van der Waals surface area contributed by atoms with Crippen molar-refractivity contribution in [3.63, 3.8) is 0 Å². The molecule has 5 rings (SSSR count). The predicted octanol–water partition coefficient (Wildman–Crippen LogP) is 3.65. The van der Waals surface area contributed by atoms with Gasteiger partial charge in [0.15, 0.2) is 11.6 Å². The molecule has 8 heteroatoms. The van der Waals surface area contributed by atoms with Crippen LogP contribution in [0, 0.1) is 11.7 Å². The molecule has 3 aromatic heterocycles. The lowest BCUT2D eigenvalue weighted by Gasteiger charge is -2.15. The Morgan fingerprint density at radius 1 is 1.23 bits per heavy atom. The Labute approximate surface area is 178 Å². The number of nitrogens with two attached hydrogens (primary N) is 1. The van der Waals surface area contributed by atoms with Crippen LogP contribution in [-0.4, -0.2) is 37.8 Å². The number of aryl methyl sites for hydroxylation is 1. The fourth-order valence-corrected chi connectivity index (χ4v) is 4.73. The number of hydrogen-bond donors (Lipinski definition) is 2. The molecule has 3 atom stereocenters. The molecule has 0 amide bonds. The van der Waals surface area contributed by atoms with E-state index in [1.807, 2.05) is 30.5 Å². The number of hydrogen-bond acceptors (Lipinski definition) is 6. The first-order chi connectivity index (χ1) is 15.0. The second-order valence-electron chi connectivity index (χ2n) is 8.22. The van der Waals surface area contributed by atoms with Gasteiger partial charge in [-0.3, -0.25) is 0 Å². The van der Waals surface area contributed by atoms with Crippen molar-refractivity contribution in [3.8, 4) is 5.88 Å². The number of fused-ring (bicyclic) bond motifs is 2. The van der Waals surface area contributed by atoms with E-state index in [0.29, 0.717) is 17.8 Å². The summed E-state index contributed by atoms with van der Waals surface area (Å²) in [6, 6.07) is 9.36. The van der Waals surface area contributed by atoms with Gasteiger partial charge >= 0.3 is 0 Å². The maximum Gasteiger partial charge on any atom is 0.225 e. The Hall–Kier alpha value is -3.26. The summed E-state index contributed by atoms with van der Waals surface area (Å²) in [4.78, 5) is 12.7. The summed E-state index contributed by atoms with van der Waals surface area (Å²) < 4.78 is 21.1. The van der Waals surface area contributed by atoms with Crippen molar-refractivity contribution in [2.45, 2.75) is 37.8 Å². The van der Waals surface area contributed by atoms with Crippen molar-refractivity contribution in [3.05, 3.63) is 54.2 Å². The Morgan fingerprint density at radius 2 is 2.10 bits per heavy atom. The molecule has 1 aliphatic rings. The van der Waals surface area contributed by atoms with Gasteiger partial charge in [0, 0.05) is 17.6 Å². The highest BCUT2D eigenvalue weighted by molar-refractivity contribution is 5.81. The van der Waals surface area contributed by atoms with Crippen LogP contribution < -0.4 is 10.5 Å². The van der Waals surface area contributed by atoms with E-state index in [1.165, 1.54) is 12.4 Å². The minimum Gasteiger partial charge on any atom is -0.480 e. The Balaban J connectivity index is 1.30. The molecule has 31 heavy (non-hydrogen) atoms. The number of rotatable bonds is 5. The number of ether oxygens (including phenoxy) is 1. The SMILES string of the molecule is COc1ncnc2c1ccn2C1CC(CCc2ccc3cc(F)c(N)nc3c2)[C@@H](O)C1. The Kier molecular flexibility index (Phi) is 4.94. The molecule has 160 valence electrons. The number of anilines is 1. The number of nitrogen functional groups attached to an aromatic ring is 1. The first-order valence-electron chi connectivity index (χ1n) is 10.4. The van der Waals surface area contributed by atoms with E-state index in [9.17, 15) is 9.50 Å². The number of aliphatic hydroxyl groups is 1. The first-order valence-corrected chi connectivity index (χ1v) is 10.4. The lowest BCUT2D eigenvalue weighted by atomic mass is 9.96. The van der Waals surface area contributed by atoms with Crippen LogP contribution in [0.4, 0.5) is 10.2 Å². The maximum absolute atomic E-state index is 13.6. The van der Waals surface area contributed by atoms with Gasteiger partial charge in [0.05, 0.1) is 24.1 Å². The highest BCUT2D eigenvalue weighted by atomic mass is 19.1. The minimum atomic E-state index is -0.499. The molecule has 3 N–H and O–H groups in total. The van der Waals surface area contributed by atoms with Crippen molar-refractivity contribution in [1.29, 1.82) is 0 Å². The average molecular weight is 421 g/mol. The van der Waals surface area contributed by atoms with Gasteiger partial charge < -0.3 is 20.1 Å². The number of nitrogens with zero attached hydrogens (tertiary/aromatic N) is 4. The molecule has 2 unspecified atom stereocenters. The summed E-state index contributed by atoms with van der Waals surface area (Å²) in [6.45, 7) is 0. The largest absolute Gasteiger partial charge is 0.480 e. The highest BCUT2D eigenvalue weighted by Crippen LogP contribution is 2.39. The third kappa shape index (κ3) is 3.57. The summed E-state index contributed by atoms with van der Waals surface area (Å²) >= 11 is 0. The second-order valence-corrected chi connectivity index (χ2v) is 8.22. The van der Waals surface area contributed by atoms with Crippen molar-refractivity contribution >= 4 is 27.8 Å². The summed E-state index contributed by atoms with van der Waals surface area (Å²) in [5.41, 5.74) is 8.23. The predicted molar refractivity (Wildman–Crippen MR) is 116 cm³/mol. The standard InChI is InChI=1S/C23H24FN5O2/c1-31-23-17-6-7-29(22(17)26-12-27-23)16-9-15(20(30)11-16)5-3-13-2-4-14-10-18(24)21(25)28-19(14)8-13/h2,4,6-8,10,12,15-16,20,30H,3,5,9,11H2,1H3,(H2,25,28)/t15?,16?,20-/m0/s1. The lowest BCUT2D eigenvalue weighted by Crippen LogP contribution is -2.13. The van der Waals surface area contributed by atoms with Crippen molar-refractivity contribution in [2.24, 2.45) is 5.92 Å². The summed E-state index contributed by atoms with van der Waals surface area (Å²) in [5, 5.41) is 12.3. The van der Waals surface area contributed by atoms with Gasteiger partial charge in [-0.15, -0.1) is 0 Å². The number of methoxy groups -OCH3 is 1. The molecule has 0 aliphatic heterocycles. The molecule has 0 bridgehead atoms. The molecule has 4 aromatic rings. The molecule has 0 radical (unpaired) electrons. The zero-order valence-corrected chi connectivity index (χ0v) is 17.2. The molecule has 1 aromatic carbocycles. The van der Waals surface area contributed by atoms with Crippen LogP contribution >= 0.6 is 0 Å². The zero-order valence-electron chi connectivity index (χ0n) is 17.2.